The fraction of sp³-hybridized carbons (Fsp3) is 0.353. The summed E-state index contributed by atoms with van der Waals surface area (Å²) in [5, 5.41) is 10.9. The van der Waals surface area contributed by atoms with Crippen LogP contribution in [0.25, 0.3) is 10.9 Å². The molecule has 0 amide bonds. The van der Waals surface area contributed by atoms with Gasteiger partial charge >= 0.3 is 5.97 Å². The molecule has 112 valence electrons. The summed E-state index contributed by atoms with van der Waals surface area (Å²) in [5.74, 6) is -0.176. The lowest BCUT2D eigenvalue weighted by Crippen LogP contribution is -2.03. The van der Waals surface area contributed by atoms with E-state index in [1.807, 2.05) is 38.5 Å². The third-order valence-corrected chi connectivity index (χ3v) is 3.81. The standard InChI is InChI=1S/C17H21NO3/c1-10(2)6-7-12-8-14-13(9-15(12)19)16(17(20)21-5)11(3)18(14)4/h6,8-9,19H,7H2,1-5H3. The summed E-state index contributed by atoms with van der Waals surface area (Å²) in [6.07, 6.45) is 2.74. The Labute approximate surface area is 124 Å². The van der Waals surface area contributed by atoms with Gasteiger partial charge in [0.05, 0.1) is 12.7 Å². The zero-order chi connectivity index (χ0) is 15.7. The molecule has 0 bridgehead atoms. The number of hydrogen-bond donors (Lipinski definition) is 1. The average molecular weight is 287 g/mol. The molecule has 2 aromatic rings. The second kappa shape index (κ2) is 5.64. The first-order valence-corrected chi connectivity index (χ1v) is 6.89. The number of fused-ring (bicyclic) bond motifs is 1. The summed E-state index contributed by atoms with van der Waals surface area (Å²) in [7, 11) is 3.27. The highest BCUT2D eigenvalue weighted by atomic mass is 16.5. The number of aromatic nitrogens is 1. The zero-order valence-electron chi connectivity index (χ0n) is 13.2. The van der Waals surface area contributed by atoms with E-state index in [-0.39, 0.29) is 11.7 Å². The van der Waals surface area contributed by atoms with Gasteiger partial charge in [0.25, 0.3) is 0 Å². The lowest BCUT2D eigenvalue weighted by molar-refractivity contribution is 0.0602. The van der Waals surface area contributed by atoms with Gasteiger partial charge in [-0.05, 0) is 44.9 Å². The number of carbonyl (C=O) groups is 1. The Balaban J connectivity index is 2.67. The first-order valence-electron chi connectivity index (χ1n) is 6.89. The van der Waals surface area contributed by atoms with Crippen molar-refractivity contribution in [1.82, 2.24) is 4.57 Å². The number of esters is 1. The van der Waals surface area contributed by atoms with Crippen molar-refractivity contribution in [3.63, 3.8) is 0 Å². The molecule has 4 heteroatoms. The quantitative estimate of drug-likeness (QED) is 0.694. The monoisotopic (exact) mass is 287 g/mol. The van der Waals surface area contributed by atoms with E-state index in [0.717, 1.165) is 22.2 Å². The summed E-state index contributed by atoms with van der Waals surface area (Å²) >= 11 is 0. The van der Waals surface area contributed by atoms with Crippen LogP contribution in [-0.4, -0.2) is 22.8 Å². The van der Waals surface area contributed by atoms with Crippen LogP contribution in [0, 0.1) is 6.92 Å². The number of aromatic hydroxyl groups is 1. The Hall–Kier alpha value is -2.23. The molecule has 21 heavy (non-hydrogen) atoms. The summed E-state index contributed by atoms with van der Waals surface area (Å²) in [4.78, 5) is 11.9. The van der Waals surface area contributed by atoms with Crippen molar-refractivity contribution in [2.75, 3.05) is 7.11 Å². The minimum Gasteiger partial charge on any atom is -0.508 e. The molecule has 0 aliphatic rings. The molecule has 0 saturated heterocycles. The number of nitrogens with zero attached hydrogens (tertiary/aromatic N) is 1. The molecule has 0 aliphatic heterocycles. The number of aryl methyl sites for hydroxylation is 1. The van der Waals surface area contributed by atoms with Gasteiger partial charge in [0.2, 0.25) is 0 Å². The second-order valence-electron chi connectivity index (χ2n) is 5.49. The van der Waals surface area contributed by atoms with Crippen LogP contribution in [0.5, 0.6) is 5.75 Å². The highest BCUT2D eigenvalue weighted by molar-refractivity contribution is 6.06. The maximum Gasteiger partial charge on any atom is 0.340 e. The molecule has 0 radical (unpaired) electrons. The number of carbonyl (C=O) groups excluding carboxylic acids is 1. The van der Waals surface area contributed by atoms with Gasteiger partial charge in [0.15, 0.2) is 0 Å². The Morgan fingerprint density at radius 3 is 2.62 bits per heavy atom. The van der Waals surface area contributed by atoms with Gasteiger partial charge in [-0.2, -0.15) is 0 Å². The number of allylic oxidation sites excluding steroid dienone is 2. The molecule has 0 unspecified atom stereocenters. The molecule has 0 fully saturated rings. The number of methoxy groups -OCH3 is 1. The van der Waals surface area contributed by atoms with Gasteiger partial charge in [-0.3, -0.25) is 0 Å². The van der Waals surface area contributed by atoms with E-state index < -0.39 is 0 Å². The largest absolute Gasteiger partial charge is 0.508 e. The van der Waals surface area contributed by atoms with Crippen molar-refractivity contribution in [3.05, 3.63) is 40.6 Å². The average Bonchev–Trinajstić information content (AvgIpc) is 2.67. The van der Waals surface area contributed by atoms with Crippen molar-refractivity contribution in [3.8, 4) is 5.75 Å². The Bertz CT molecular complexity index is 734. The van der Waals surface area contributed by atoms with Crippen LogP contribution in [-0.2, 0) is 18.2 Å². The minimum absolute atomic E-state index is 0.204. The van der Waals surface area contributed by atoms with E-state index in [4.69, 9.17) is 4.74 Å². The van der Waals surface area contributed by atoms with Gasteiger partial charge in [0, 0.05) is 23.6 Å². The van der Waals surface area contributed by atoms with Gasteiger partial charge in [0.1, 0.15) is 5.75 Å². The molecule has 0 spiro atoms. The van der Waals surface area contributed by atoms with E-state index in [1.165, 1.54) is 12.7 Å². The maximum atomic E-state index is 11.9. The summed E-state index contributed by atoms with van der Waals surface area (Å²) in [5.41, 5.74) is 4.31. The first-order chi connectivity index (χ1) is 9.86. The molecule has 1 heterocycles. The Morgan fingerprint density at radius 2 is 2.05 bits per heavy atom. The summed E-state index contributed by atoms with van der Waals surface area (Å²) in [6, 6.07) is 3.59. The van der Waals surface area contributed by atoms with E-state index in [2.05, 4.69) is 6.08 Å². The van der Waals surface area contributed by atoms with Gasteiger partial charge in [-0.1, -0.05) is 11.6 Å². The number of phenolic OH excluding ortho intramolecular Hbond substituents is 1. The number of rotatable bonds is 3. The van der Waals surface area contributed by atoms with Crippen LogP contribution in [0.4, 0.5) is 0 Å². The van der Waals surface area contributed by atoms with Gasteiger partial charge in [-0.25, -0.2) is 4.79 Å². The number of ether oxygens (including phenoxy) is 1. The van der Waals surface area contributed by atoms with Gasteiger partial charge < -0.3 is 14.4 Å². The molecule has 2 rings (SSSR count). The lowest BCUT2D eigenvalue weighted by atomic mass is 10.0. The fourth-order valence-corrected chi connectivity index (χ4v) is 2.48. The van der Waals surface area contributed by atoms with Crippen molar-refractivity contribution in [2.24, 2.45) is 7.05 Å². The smallest absolute Gasteiger partial charge is 0.340 e. The normalized spacial score (nSPS) is 10.7. The second-order valence-corrected chi connectivity index (χ2v) is 5.49. The highest BCUT2D eigenvalue weighted by Crippen LogP contribution is 2.32. The van der Waals surface area contributed by atoms with E-state index in [9.17, 15) is 9.90 Å². The molecular weight excluding hydrogens is 266 g/mol. The van der Waals surface area contributed by atoms with Crippen LogP contribution in [0.15, 0.2) is 23.8 Å². The summed E-state index contributed by atoms with van der Waals surface area (Å²) < 4.78 is 6.80. The third kappa shape index (κ3) is 2.66. The van der Waals surface area contributed by atoms with E-state index in [0.29, 0.717) is 12.0 Å². The van der Waals surface area contributed by atoms with E-state index >= 15 is 0 Å². The first kappa shape index (κ1) is 15.2. The van der Waals surface area contributed by atoms with Crippen molar-refractivity contribution in [1.29, 1.82) is 0 Å². The fourth-order valence-electron chi connectivity index (χ4n) is 2.48. The number of hydrogen-bond acceptors (Lipinski definition) is 3. The van der Waals surface area contributed by atoms with Crippen molar-refractivity contribution >= 4 is 16.9 Å². The topological polar surface area (TPSA) is 51.5 Å². The molecule has 0 aliphatic carbocycles. The molecule has 0 saturated carbocycles. The summed E-state index contributed by atoms with van der Waals surface area (Å²) in [6.45, 7) is 5.92. The third-order valence-electron chi connectivity index (χ3n) is 3.81. The van der Waals surface area contributed by atoms with Crippen LogP contribution in [0.1, 0.15) is 35.5 Å². The minimum atomic E-state index is -0.380. The SMILES string of the molecule is COC(=O)c1c(C)n(C)c2cc(CC=C(C)C)c(O)cc12. The van der Waals surface area contributed by atoms with Gasteiger partial charge in [-0.15, -0.1) is 0 Å². The molecule has 1 N–H and O–H groups in total. The van der Waals surface area contributed by atoms with Crippen LogP contribution in [0.2, 0.25) is 0 Å². The predicted octanol–water partition coefficient (Wildman–Crippen LogP) is 3.49. The molecule has 1 aromatic heterocycles. The predicted molar refractivity (Wildman–Crippen MR) is 83.8 cm³/mol. The highest BCUT2D eigenvalue weighted by Gasteiger charge is 2.20. The molecular formula is C17H21NO3. The maximum absolute atomic E-state index is 11.9. The zero-order valence-corrected chi connectivity index (χ0v) is 13.2. The van der Waals surface area contributed by atoms with Crippen molar-refractivity contribution in [2.45, 2.75) is 27.2 Å². The number of phenols is 1. The molecule has 0 atom stereocenters. The van der Waals surface area contributed by atoms with Crippen LogP contribution >= 0.6 is 0 Å². The Kier molecular flexibility index (Phi) is 4.07. The molecule has 1 aromatic carbocycles. The van der Waals surface area contributed by atoms with Crippen LogP contribution < -0.4 is 0 Å². The van der Waals surface area contributed by atoms with E-state index in [1.54, 1.807) is 6.07 Å². The lowest BCUT2D eigenvalue weighted by Gasteiger charge is -2.05. The Morgan fingerprint density at radius 1 is 1.38 bits per heavy atom. The molecule has 4 nitrogen and oxygen atoms in total. The van der Waals surface area contributed by atoms with Crippen molar-refractivity contribution < 1.29 is 14.6 Å². The van der Waals surface area contributed by atoms with Crippen LogP contribution in [0.3, 0.4) is 0 Å². The number of benzene rings is 1.